The molecule has 4 heteroatoms. The molecule has 1 saturated carbocycles. The van der Waals surface area contributed by atoms with Gasteiger partial charge < -0.3 is 32.6 Å². The van der Waals surface area contributed by atoms with Crippen LogP contribution in [0.4, 0.5) is 11.5 Å². The fourth-order valence-electron chi connectivity index (χ4n) is 4.77. The predicted molar refractivity (Wildman–Crippen MR) is 166 cm³/mol. The number of para-hydroxylation sites is 1. The van der Waals surface area contributed by atoms with E-state index in [1.54, 1.807) is 6.07 Å². The number of rotatable bonds is 4. The smallest absolute Gasteiger partial charge is 0.436 e. The molecular formula is C33H55ClN2Zr. The van der Waals surface area contributed by atoms with Crippen molar-refractivity contribution in [1.82, 2.24) is 4.98 Å². The van der Waals surface area contributed by atoms with Gasteiger partial charge in [0.05, 0.1) is 0 Å². The maximum atomic E-state index is 5.94. The number of halogens is 1. The van der Waals surface area contributed by atoms with E-state index >= 15 is 0 Å². The topological polar surface area (TPSA) is 27.0 Å². The van der Waals surface area contributed by atoms with Crippen LogP contribution in [0.3, 0.4) is 0 Å². The quantitative estimate of drug-likeness (QED) is 0.251. The minimum Gasteiger partial charge on any atom is -0.436 e. The van der Waals surface area contributed by atoms with E-state index in [0.717, 1.165) is 17.5 Å². The Morgan fingerprint density at radius 2 is 1.16 bits per heavy atom. The minimum atomic E-state index is 0. The second-order valence-electron chi connectivity index (χ2n) is 12.5. The van der Waals surface area contributed by atoms with Gasteiger partial charge in [-0.2, -0.15) is 0 Å². The molecular weight excluding hydrogens is 551 g/mol. The molecule has 2 nitrogen and oxygen atoms in total. The standard InChI is InChI=1S/C17H20ClN2.C13H26.3CH3.Zr/c1-11(2)13-7-5-8-14(12(3)4)17(13)20-16-10-6-9-15(18)19-16;1-12(2,3)10-7-8-11(9-10)13(4,5)6;;;;/h5-12H,1-4H3;10-11H,7-9H2,1-6H3;3*1H3;/q-1;;3*-1;+4. The Morgan fingerprint density at radius 1 is 0.757 bits per heavy atom. The Hall–Kier alpha value is -0.657. The summed E-state index contributed by atoms with van der Waals surface area (Å²) in [5.74, 6) is 3.42. The molecule has 0 aliphatic heterocycles. The first kappa shape index (κ1) is 40.8. The van der Waals surface area contributed by atoms with E-state index in [9.17, 15) is 0 Å². The number of pyridine rings is 1. The van der Waals surface area contributed by atoms with Crippen LogP contribution in [0.1, 0.15) is 111 Å². The molecule has 1 heterocycles. The first-order chi connectivity index (χ1) is 15.2. The van der Waals surface area contributed by atoms with E-state index in [-0.39, 0.29) is 48.5 Å². The molecule has 2 unspecified atom stereocenters. The molecule has 0 bridgehead atoms. The van der Waals surface area contributed by atoms with Crippen molar-refractivity contribution in [2.24, 2.45) is 22.7 Å². The van der Waals surface area contributed by atoms with E-state index in [4.69, 9.17) is 16.9 Å². The van der Waals surface area contributed by atoms with E-state index in [0.29, 0.717) is 33.6 Å². The zero-order valence-corrected chi connectivity index (χ0v) is 29.4. The maximum Gasteiger partial charge on any atom is 4.00 e. The fourth-order valence-corrected chi connectivity index (χ4v) is 4.93. The molecule has 1 aliphatic carbocycles. The fraction of sp³-hybridized carbons (Fsp3) is 0.576. The second kappa shape index (κ2) is 17.1. The van der Waals surface area contributed by atoms with Gasteiger partial charge in [0.2, 0.25) is 0 Å². The van der Waals surface area contributed by atoms with Crippen LogP contribution in [-0.4, -0.2) is 4.98 Å². The van der Waals surface area contributed by atoms with Crippen molar-refractivity contribution in [2.45, 2.75) is 100 Å². The Morgan fingerprint density at radius 3 is 1.49 bits per heavy atom. The number of hydrogen-bond donors (Lipinski definition) is 0. The summed E-state index contributed by atoms with van der Waals surface area (Å²) in [6.45, 7) is 23.1. The van der Waals surface area contributed by atoms with Gasteiger partial charge in [0.15, 0.2) is 0 Å². The van der Waals surface area contributed by atoms with Crippen molar-refractivity contribution < 1.29 is 26.2 Å². The van der Waals surface area contributed by atoms with E-state index in [2.05, 4.69) is 92.4 Å². The molecule has 37 heavy (non-hydrogen) atoms. The first-order valence-electron chi connectivity index (χ1n) is 12.7. The van der Waals surface area contributed by atoms with Gasteiger partial charge in [-0.15, -0.1) is 0 Å². The molecule has 2 atom stereocenters. The second-order valence-corrected chi connectivity index (χ2v) is 12.9. The van der Waals surface area contributed by atoms with Gasteiger partial charge in [-0.25, -0.2) is 0 Å². The minimum absolute atomic E-state index is 0. The summed E-state index contributed by atoms with van der Waals surface area (Å²) < 4.78 is 0. The molecule has 0 amide bonds. The third-order valence-corrected chi connectivity index (χ3v) is 7.36. The van der Waals surface area contributed by atoms with Crippen molar-refractivity contribution in [1.29, 1.82) is 0 Å². The van der Waals surface area contributed by atoms with Crippen LogP contribution in [0, 0.1) is 44.9 Å². The summed E-state index contributed by atoms with van der Waals surface area (Å²) >= 11 is 5.94. The number of benzene rings is 1. The summed E-state index contributed by atoms with van der Waals surface area (Å²) in [7, 11) is 0. The molecule has 1 fully saturated rings. The Labute approximate surface area is 256 Å². The molecule has 0 saturated heterocycles. The third-order valence-electron chi connectivity index (χ3n) is 7.15. The number of nitrogens with zero attached hydrogens (tertiary/aromatic N) is 2. The molecule has 1 aliphatic rings. The van der Waals surface area contributed by atoms with Gasteiger partial charge >= 0.3 is 26.2 Å². The molecule has 3 rings (SSSR count). The van der Waals surface area contributed by atoms with E-state index in [1.165, 1.54) is 30.4 Å². The van der Waals surface area contributed by atoms with Crippen LogP contribution >= 0.6 is 11.6 Å². The van der Waals surface area contributed by atoms with Gasteiger partial charge in [-0.3, -0.25) is 0 Å². The van der Waals surface area contributed by atoms with Crippen LogP contribution in [0.2, 0.25) is 5.15 Å². The van der Waals surface area contributed by atoms with Crippen molar-refractivity contribution in [3.8, 4) is 0 Å². The van der Waals surface area contributed by atoms with Crippen LogP contribution in [0.15, 0.2) is 36.4 Å². The predicted octanol–water partition coefficient (Wildman–Crippen LogP) is 12.2. The van der Waals surface area contributed by atoms with E-state index in [1.807, 2.05) is 12.1 Å². The van der Waals surface area contributed by atoms with Crippen LogP contribution < -0.4 is 0 Å². The van der Waals surface area contributed by atoms with Crippen molar-refractivity contribution >= 4 is 23.1 Å². The number of hydrogen-bond acceptors (Lipinski definition) is 1. The molecule has 2 aromatic rings. The Kier molecular flexibility index (Phi) is 18.9. The molecule has 1 aromatic heterocycles. The van der Waals surface area contributed by atoms with Crippen LogP contribution in [-0.2, 0) is 26.2 Å². The van der Waals surface area contributed by atoms with Crippen molar-refractivity contribution in [3.05, 3.63) is 80.3 Å². The zero-order chi connectivity index (χ0) is 25.0. The summed E-state index contributed by atoms with van der Waals surface area (Å²) in [5.41, 5.74) is 4.59. The summed E-state index contributed by atoms with van der Waals surface area (Å²) in [5, 5.41) is 5.22. The molecule has 0 radical (unpaired) electrons. The first-order valence-corrected chi connectivity index (χ1v) is 13.0. The van der Waals surface area contributed by atoms with Gasteiger partial charge in [-0.05, 0) is 76.6 Å². The monoisotopic (exact) mass is 604 g/mol. The average molecular weight is 606 g/mol. The normalized spacial score (nSPS) is 16.9. The maximum absolute atomic E-state index is 5.94. The molecule has 0 spiro atoms. The Bertz CT molecular complexity index is 848. The molecule has 1 aromatic carbocycles. The van der Waals surface area contributed by atoms with Crippen molar-refractivity contribution in [3.63, 3.8) is 0 Å². The zero-order valence-electron chi connectivity index (χ0n) is 26.2. The summed E-state index contributed by atoms with van der Waals surface area (Å²) in [4.78, 5) is 4.27. The van der Waals surface area contributed by atoms with Crippen molar-refractivity contribution in [2.75, 3.05) is 0 Å². The Balaban J connectivity index is -0.000000604. The largest absolute Gasteiger partial charge is 4.00 e. The average Bonchev–Trinajstić information content (AvgIpc) is 3.19. The van der Waals surface area contributed by atoms with Gasteiger partial charge in [0.1, 0.15) is 0 Å². The third kappa shape index (κ3) is 12.4. The van der Waals surface area contributed by atoms with Crippen LogP contribution in [0.25, 0.3) is 5.32 Å². The molecule has 0 N–H and O–H groups in total. The number of aromatic nitrogens is 1. The SMILES string of the molecule is CC(C)(C)C1CCC(C(C)(C)C)C1.CC(C)c1cccc(C(C)C)c1[N-]c1cccc(Cl)n1.[CH3-].[CH3-].[CH3-].[Zr+4]. The summed E-state index contributed by atoms with van der Waals surface area (Å²) in [6.07, 6.45) is 4.35. The van der Waals surface area contributed by atoms with Gasteiger partial charge in [-0.1, -0.05) is 117 Å². The van der Waals surface area contributed by atoms with Crippen LogP contribution in [0.5, 0.6) is 0 Å². The summed E-state index contributed by atoms with van der Waals surface area (Å²) in [6, 6.07) is 11.9. The van der Waals surface area contributed by atoms with E-state index < -0.39 is 0 Å². The molecule has 208 valence electrons. The van der Waals surface area contributed by atoms with Gasteiger partial charge in [0.25, 0.3) is 0 Å². The van der Waals surface area contributed by atoms with Gasteiger partial charge in [0, 0.05) is 5.15 Å².